The quantitative estimate of drug-likeness (QED) is 0.840. The summed E-state index contributed by atoms with van der Waals surface area (Å²) in [6.07, 6.45) is 2.01. The summed E-state index contributed by atoms with van der Waals surface area (Å²) in [5.41, 5.74) is 3.52. The van der Waals surface area contributed by atoms with Crippen molar-refractivity contribution in [2.45, 2.75) is 59.7 Å². The number of ether oxygens (including phenoxy) is 1. The first-order chi connectivity index (χ1) is 12.9. The summed E-state index contributed by atoms with van der Waals surface area (Å²) in [5.74, 6) is -0.333. The predicted octanol–water partition coefficient (Wildman–Crippen LogP) is 1.89. The van der Waals surface area contributed by atoms with E-state index in [0.29, 0.717) is 25.2 Å². The molecule has 27 heavy (non-hydrogen) atoms. The third kappa shape index (κ3) is 4.30. The molecule has 7 nitrogen and oxygen atoms in total. The number of nitrogens with one attached hydrogen (secondary N) is 1. The maximum atomic E-state index is 13.0. The van der Waals surface area contributed by atoms with Crippen LogP contribution in [0.1, 0.15) is 45.8 Å². The van der Waals surface area contributed by atoms with E-state index < -0.39 is 0 Å². The van der Waals surface area contributed by atoms with E-state index in [1.807, 2.05) is 37.6 Å². The van der Waals surface area contributed by atoms with Gasteiger partial charge < -0.3 is 14.6 Å². The highest BCUT2D eigenvalue weighted by molar-refractivity contribution is 5.95. The Labute approximate surface area is 159 Å². The highest BCUT2D eigenvalue weighted by Crippen LogP contribution is 2.15. The van der Waals surface area contributed by atoms with Crippen LogP contribution in [0.15, 0.2) is 16.9 Å². The summed E-state index contributed by atoms with van der Waals surface area (Å²) in [5, 5.41) is 7.25. The molecule has 0 saturated carbocycles. The SMILES string of the molecule is Cc1cc(C)n(CCNC(=O)c2c(C)cc(C)n(C[C@@H]3CCCO3)c2=O)n1. The molecular formula is C20H28N4O3. The van der Waals surface area contributed by atoms with E-state index in [1.165, 1.54) is 0 Å². The Bertz CT molecular complexity index is 891. The van der Waals surface area contributed by atoms with Crippen molar-refractivity contribution in [1.29, 1.82) is 0 Å². The van der Waals surface area contributed by atoms with Gasteiger partial charge >= 0.3 is 0 Å². The molecule has 0 radical (unpaired) electrons. The Hall–Kier alpha value is -2.41. The van der Waals surface area contributed by atoms with E-state index >= 15 is 0 Å². The fourth-order valence-electron chi connectivity index (χ4n) is 3.69. The Morgan fingerprint density at radius 3 is 2.67 bits per heavy atom. The van der Waals surface area contributed by atoms with Crippen molar-refractivity contribution in [3.63, 3.8) is 0 Å². The van der Waals surface area contributed by atoms with Crippen LogP contribution in [0.2, 0.25) is 0 Å². The molecule has 2 aromatic rings. The minimum atomic E-state index is -0.333. The van der Waals surface area contributed by atoms with Crippen LogP contribution in [-0.2, 0) is 17.8 Å². The van der Waals surface area contributed by atoms with Crippen LogP contribution in [0.25, 0.3) is 0 Å². The van der Waals surface area contributed by atoms with E-state index in [4.69, 9.17) is 4.74 Å². The van der Waals surface area contributed by atoms with Crippen LogP contribution in [0, 0.1) is 27.7 Å². The summed E-state index contributed by atoms with van der Waals surface area (Å²) < 4.78 is 9.17. The molecule has 1 aliphatic rings. The number of aryl methyl sites for hydroxylation is 4. The number of hydrogen-bond acceptors (Lipinski definition) is 4. The second-order valence-electron chi connectivity index (χ2n) is 7.30. The van der Waals surface area contributed by atoms with Gasteiger partial charge in [-0.15, -0.1) is 0 Å². The van der Waals surface area contributed by atoms with Gasteiger partial charge in [0.05, 0.1) is 24.9 Å². The van der Waals surface area contributed by atoms with Crippen molar-refractivity contribution in [2.75, 3.05) is 13.2 Å². The second kappa shape index (κ2) is 8.08. The largest absolute Gasteiger partial charge is 0.376 e. The molecule has 146 valence electrons. The topological polar surface area (TPSA) is 78.1 Å². The molecule has 3 rings (SSSR count). The lowest BCUT2D eigenvalue weighted by Gasteiger charge is -2.17. The summed E-state index contributed by atoms with van der Waals surface area (Å²) >= 11 is 0. The monoisotopic (exact) mass is 372 g/mol. The normalized spacial score (nSPS) is 16.7. The number of hydrogen-bond donors (Lipinski definition) is 1. The highest BCUT2D eigenvalue weighted by atomic mass is 16.5. The van der Waals surface area contributed by atoms with Crippen molar-refractivity contribution >= 4 is 5.91 Å². The first-order valence-corrected chi connectivity index (χ1v) is 9.48. The van der Waals surface area contributed by atoms with Gasteiger partial charge in [-0.25, -0.2) is 0 Å². The Balaban J connectivity index is 1.73. The minimum Gasteiger partial charge on any atom is -0.376 e. The maximum absolute atomic E-state index is 13.0. The van der Waals surface area contributed by atoms with Crippen LogP contribution >= 0.6 is 0 Å². The smallest absolute Gasteiger partial charge is 0.263 e. The molecule has 3 heterocycles. The molecule has 0 aromatic carbocycles. The van der Waals surface area contributed by atoms with Gasteiger partial charge in [0.15, 0.2) is 0 Å². The molecule has 1 amide bonds. The average Bonchev–Trinajstić information content (AvgIpc) is 3.21. The number of pyridine rings is 1. The molecule has 0 unspecified atom stereocenters. The van der Waals surface area contributed by atoms with E-state index in [1.54, 1.807) is 11.5 Å². The summed E-state index contributed by atoms with van der Waals surface area (Å²) in [6.45, 7) is 9.85. The van der Waals surface area contributed by atoms with Crippen molar-refractivity contribution in [2.24, 2.45) is 0 Å². The van der Waals surface area contributed by atoms with Gasteiger partial charge in [0.1, 0.15) is 5.56 Å². The minimum absolute atomic E-state index is 0.0473. The van der Waals surface area contributed by atoms with E-state index in [0.717, 1.165) is 36.5 Å². The van der Waals surface area contributed by atoms with Crippen molar-refractivity contribution in [1.82, 2.24) is 19.7 Å². The number of nitrogens with zero attached hydrogens (tertiary/aromatic N) is 3. The van der Waals surface area contributed by atoms with Crippen LogP contribution < -0.4 is 10.9 Å². The number of carbonyl (C=O) groups excluding carboxylic acids is 1. The number of rotatable bonds is 6. The zero-order valence-corrected chi connectivity index (χ0v) is 16.5. The summed E-state index contributed by atoms with van der Waals surface area (Å²) in [4.78, 5) is 25.6. The molecule has 0 aliphatic carbocycles. The predicted molar refractivity (Wildman–Crippen MR) is 103 cm³/mol. The number of aromatic nitrogens is 3. The molecule has 1 aliphatic heterocycles. The standard InChI is InChI=1S/C20H28N4O3/c1-13-10-15(3)23(12-17-6-5-9-27-17)20(26)18(13)19(25)21-7-8-24-16(4)11-14(2)22-24/h10-11,17H,5-9,12H2,1-4H3,(H,21,25)/t17-/m0/s1. The molecule has 7 heteroatoms. The molecular weight excluding hydrogens is 344 g/mol. The molecule has 0 bridgehead atoms. The molecule has 1 saturated heterocycles. The van der Waals surface area contributed by atoms with E-state index in [2.05, 4.69) is 10.4 Å². The Kier molecular flexibility index (Phi) is 5.79. The van der Waals surface area contributed by atoms with Gasteiger partial charge in [-0.1, -0.05) is 0 Å². The summed E-state index contributed by atoms with van der Waals surface area (Å²) in [7, 11) is 0. The molecule has 2 aromatic heterocycles. The van der Waals surface area contributed by atoms with Crippen LogP contribution in [-0.4, -0.2) is 39.5 Å². The third-order valence-electron chi connectivity index (χ3n) is 5.05. The lowest BCUT2D eigenvalue weighted by atomic mass is 10.1. The van der Waals surface area contributed by atoms with Gasteiger partial charge in [-0.3, -0.25) is 14.3 Å². The fraction of sp³-hybridized carbons (Fsp3) is 0.550. The van der Waals surface area contributed by atoms with Crippen LogP contribution in [0.4, 0.5) is 0 Å². The van der Waals surface area contributed by atoms with Crippen LogP contribution in [0.3, 0.4) is 0 Å². The van der Waals surface area contributed by atoms with Gasteiger partial charge in [0.25, 0.3) is 11.5 Å². The lowest BCUT2D eigenvalue weighted by Crippen LogP contribution is -2.37. The van der Waals surface area contributed by atoms with Crippen LogP contribution in [0.5, 0.6) is 0 Å². The van der Waals surface area contributed by atoms with Gasteiger partial charge in [-0.05, 0) is 58.2 Å². The highest BCUT2D eigenvalue weighted by Gasteiger charge is 2.21. The zero-order valence-electron chi connectivity index (χ0n) is 16.5. The van der Waals surface area contributed by atoms with Crippen molar-refractivity contribution in [3.05, 3.63) is 50.7 Å². The average molecular weight is 372 g/mol. The van der Waals surface area contributed by atoms with E-state index in [9.17, 15) is 9.59 Å². The Morgan fingerprint density at radius 1 is 1.26 bits per heavy atom. The molecule has 1 fully saturated rings. The third-order valence-corrected chi connectivity index (χ3v) is 5.05. The number of amides is 1. The Morgan fingerprint density at radius 2 is 2.04 bits per heavy atom. The fourth-order valence-corrected chi connectivity index (χ4v) is 3.69. The molecule has 1 N–H and O–H groups in total. The van der Waals surface area contributed by atoms with Gasteiger partial charge in [0.2, 0.25) is 0 Å². The first-order valence-electron chi connectivity index (χ1n) is 9.48. The van der Waals surface area contributed by atoms with Crippen molar-refractivity contribution in [3.8, 4) is 0 Å². The maximum Gasteiger partial charge on any atom is 0.263 e. The number of carbonyl (C=O) groups is 1. The van der Waals surface area contributed by atoms with E-state index in [-0.39, 0.29) is 23.1 Å². The molecule has 1 atom stereocenters. The van der Waals surface area contributed by atoms with Gasteiger partial charge in [0, 0.05) is 24.5 Å². The molecule has 0 spiro atoms. The second-order valence-corrected chi connectivity index (χ2v) is 7.30. The van der Waals surface area contributed by atoms with Crippen molar-refractivity contribution < 1.29 is 9.53 Å². The van der Waals surface area contributed by atoms with Gasteiger partial charge in [-0.2, -0.15) is 5.10 Å². The lowest BCUT2D eigenvalue weighted by molar-refractivity contribution is 0.0926. The summed E-state index contributed by atoms with van der Waals surface area (Å²) in [6, 6.07) is 3.89. The zero-order chi connectivity index (χ0) is 19.6. The first kappa shape index (κ1) is 19.4.